The molecule has 0 spiro atoms. The molecule has 2 rings (SSSR count). The van der Waals surface area contributed by atoms with Gasteiger partial charge in [-0.1, -0.05) is 13.3 Å². The van der Waals surface area contributed by atoms with Crippen LogP contribution in [0.1, 0.15) is 35.3 Å². The van der Waals surface area contributed by atoms with Crippen LogP contribution < -0.4 is 5.73 Å². The van der Waals surface area contributed by atoms with Gasteiger partial charge in [0.05, 0.1) is 10.7 Å². The molecule has 2 heterocycles. The van der Waals surface area contributed by atoms with Crippen LogP contribution in [0.2, 0.25) is 0 Å². The predicted molar refractivity (Wildman–Crippen MR) is 66.6 cm³/mol. The normalized spacial score (nSPS) is 20.5. The van der Waals surface area contributed by atoms with E-state index in [9.17, 15) is 0 Å². The van der Waals surface area contributed by atoms with E-state index in [1.165, 1.54) is 22.0 Å². The molecule has 0 bridgehead atoms. The second kappa shape index (κ2) is 5.75. The summed E-state index contributed by atoms with van der Waals surface area (Å²) in [5, 5.41) is 1.25. The molecule has 1 aromatic rings. The molecule has 1 aliphatic heterocycles. The highest BCUT2D eigenvalue weighted by Crippen LogP contribution is 2.24. The number of aromatic nitrogens is 1. The van der Waals surface area contributed by atoms with Crippen molar-refractivity contribution in [2.24, 2.45) is 11.7 Å². The van der Waals surface area contributed by atoms with Gasteiger partial charge < -0.3 is 10.5 Å². The molecule has 0 amide bonds. The molecule has 1 fully saturated rings. The van der Waals surface area contributed by atoms with E-state index in [0.29, 0.717) is 12.5 Å². The van der Waals surface area contributed by atoms with Crippen molar-refractivity contribution in [1.29, 1.82) is 0 Å². The van der Waals surface area contributed by atoms with Crippen molar-refractivity contribution in [1.82, 2.24) is 4.98 Å². The highest BCUT2D eigenvalue weighted by molar-refractivity contribution is 7.11. The van der Waals surface area contributed by atoms with Crippen molar-refractivity contribution in [3.05, 3.63) is 15.6 Å². The average molecular weight is 240 g/mol. The first-order valence-electron chi connectivity index (χ1n) is 6.08. The van der Waals surface area contributed by atoms with E-state index in [1.807, 2.05) is 0 Å². The Balaban J connectivity index is 2.02. The van der Waals surface area contributed by atoms with E-state index >= 15 is 0 Å². The Labute approximate surface area is 101 Å². The van der Waals surface area contributed by atoms with Gasteiger partial charge in [-0.05, 0) is 18.8 Å². The largest absolute Gasteiger partial charge is 0.381 e. The first kappa shape index (κ1) is 12.0. The summed E-state index contributed by atoms with van der Waals surface area (Å²) in [7, 11) is 0. The van der Waals surface area contributed by atoms with E-state index in [2.05, 4.69) is 6.92 Å². The van der Waals surface area contributed by atoms with Crippen molar-refractivity contribution in [3.63, 3.8) is 0 Å². The van der Waals surface area contributed by atoms with Crippen LogP contribution in [-0.2, 0) is 24.1 Å². The maximum atomic E-state index is 5.75. The van der Waals surface area contributed by atoms with E-state index in [-0.39, 0.29) is 0 Å². The number of nitrogens with two attached hydrogens (primary N) is 1. The zero-order chi connectivity index (χ0) is 11.4. The van der Waals surface area contributed by atoms with Crippen LogP contribution in [-0.4, -0.2) is 18.2 Å². The van der Waals surface area contributed by atoms with Crippen LogP contribution in [0.25, 0.3) is 0 Å². The summed E-state index contributed by atoms with van der Waals surface area (Å²) in [5.74, 6) is 0.672. The van der Waals surface area contributed by atoms with Crippen molar-refractivity contribution in [3.8, 4) is 0 Å². The lowest BCUT2D eigenvalue weighted by Gasteiger charge is -2.02. The monoisotopic (exact) mass is 240 g/mol. The van der Waals surface area contributed by atoms with Crippen LogP contribution in [0.3, 0.4) is 0 Å². The smallest absolute Gasteiger partial charge is 0.0935 e. The second-order valence-corrected chi connectivity index (χ2v) is 5.53. The molecule has 0 aromatic carbocycles. The summed E-state index contributed by atoms with van der Waals surface area (Å²) in [6.07, 6.45) is 4.45. The highest BCUT2D eigenvalue weighted by Gasteiger charge is 2.19. The maximum Gasteiger partial charge on any atom is 0.0935 e. The lowest BCUT2D eigenvalue weighted by molar-refractivity contribution is 0.186. The molecule has 0 radical (unpaired) electrons. The number of hydrogen-bond donors (Lipinski definition) is 1. The minimum Gasteiger partial charge on any atom is -0.381 e. The summed E-state index contributed by atoms with van der Waals surface area (Å²) in [4.78, 5) is 5.99. The van der Waals surface area contributed by atoms with Gasteiger partial charge in [0.25, 0.3) is 0 Å². The summed E-state index contributed by atoms with van der Waals surface area (Å²) < 4.78 is 5.39. The minimum absolute atomic E-state index is 0.633. The molecule has 0 aliphatic carbocycles. The molecule has 1 saturated heterocycles. The van der Waals surface area contributed by atoms with Gasteiger partial charge >= 0.3 is 0 Å². The van der Waals surface area contributed by atoms with Crippen LogP contribution in [0.5, 0.6) is 0 Å². The zero-order valence-corrected chi connectivity index (χ0v) is 10.7. The fraction of sp³-hybridized carbons (Fsp3) is 0.750. The predicted octanol–water partition coefficient (Wildman–Crippen LogP) is 2.13. The summed E-state index contributed by atoms with van der Waals surface area (Å²) in [6, 6.07) is 0. The molecule has 1 aromatic heterocycles. The lowest BCUT2D eigenvalue weighted by Crippen LogP contribution is -2.03. The Morgan fingerprint density at radius 3 is 3.06 bits per heavy atom. The number of nitrogens with zero attached hydrogens (tertiary/aromatic N) is 1. The first-order chi connectivity index (χ1) is 7.83. The van der Waals surface area contributed by atoms with Gasteiger partial charge in [0.2, 0.25) is 0 Å². The molecule has 0 saturated carbocycles. The van der Waals surface area contributed by atoms with Crippen LogP contribution in [0.4, 0.5) is 0 Å². The molecular weight excluding hydrogens is 220 g/mol. The average Bonchev–Trinajstić information content (AvgIpc) is 2.89. The van der Waals surface area contributed by atoms with Crippen molar-refractivity contribution < 1.29 is 4.74 Å². The number of hydrogen-bond acceptors (Lipinski definition) is 4. The Morgan fingerprint density at radius 2 is 2.44 bits per heavy atom. The molecule has 4 heteroatoms. The van der Waals surface area contributed by atoms with E-state index < -0.39 is 0 Å². The SMILES string of the molecule is CCCc1nc(CC2CCOC2)sc1CN. The maximum absolute atomic E-state index is 5.75. The van der Waals surface area contributed by atoms with Gasteiger partial charge in [-0.3, -0.25) is 0 Å². The molecular formula is C12H20N2OS. The number of rotatable bonds is 5. The third kappa shape index (κ3) is 2.81. The van der Waals surface area contributed by atoms with Crippen molar-refractivity contribution in [2.45, 2.75) is 39.2 Å². The first-order valence-corrected chi connectivity index (χ1v) is 6.90. The van der Waals surface area contributed by atoms with Gasteiger partial charge in [0.1, 0.15) is 0 Å². The van der Waals surface area contributed by atoms with E-state index in [0.717, 1.165) is 32.5 Å². The number of ether oxygens (including phenoxy) is 1. The topological polar surface area (TPSA) is 48.1 Å². The van der Waals surface area contributed by atoms with Gasteiger partial charge in [-0.25, -0.2) is 4.98 Å². The molecule has 1 aliphatic rings. The zero-order valence-electron chi connectivity index (χ0n) is 9.87. The highest BCUT2D eigenvalue weighted by atomic mass is 32.1. The molecule has 1 atom stereocenters. The van der Waals surface area contributed by atoms with Crippen LogP contribution in [0.15, 0.2) is 0 Å². The Morgan fingerprint density at radius 1 is 1.56 bits per heavy atom. The van der Waals surface area contributed by atoms with E-state index in [1.54, 1.807) is 11.3 Å². The van der Waals surface area contributed by atoms with Crippen molar-refractivity contribution >= 4 is 11.3 Å². The summed E-state index contributed by atoms with van der Waals surface area (Å²) in [6.45, 7) is 4.64. The standard InChI is InChI=1S/C12H20N2OS/c1-2-3-10-11(7-13)16-12(14-10)6-9-4-5-15-8-9/h9H,2-8,13H2,1H3. The van der Waals surface area contributed by atoms with Gasteiger partial charge in [-0.15, -0.1) is 11.3 Å². The number of aryl methyl sites for hydroxylation is 1. The summed E-state index contributed by atoms with van der Waals surface area (Å²) >= 11 is 1.79. The number of thiazole rings is 1. The fourth-order valence-corrected chi connectivity index (χ4v) is 3.22. The third-order valence-corrected chi connectivity index (χ3v) is 4.12. The van der Waals surface area contributed by atoms with Crippen LogP contribution in [0, 0.1) is 5.92 Å². The van der Waals surface area contributed by atoms with Gasteiger partial charge in [0.15, 0.2) is 0 Å². The van der Waals surface area contributed by atoms with E-state index in [4.69, 9.17) is 15.5 Å². The molecule has 1 unspecified atom stereocenters. The van der Waals surface area contributed by atoms with Crippen LogP contribution >= 0.6 is 11.3 Å². The Kier molecular flexibility index (Phi) is 4.32. The fourth-order valence-electron chi connectivity index (χ4n) is 2.11. The quantitative estimate of drug-likeness (QED) is 0.857. The van der Waals surface area contributed by atoms with Gasteiger partial charge in [-0.2, -0.15) is 0 Å². The molecule has 16 heavy (non-hydrogen) atoms. The second-order valence-electron chi connectivity index (χ2n) is 4.37. The Bertz CT molecular complexity index is 332. The Hall–Kier alpha value is -0.450. The third-order valence-electron chi connectivity index (χ3n) is 2.98. The van der Waals surface area contributed by atoms with Gasteiger partial charge in [0, 0.05) is 31.1 Å². The summed E-state index contributed by atoms with van der Waals surface area (Å²) in [5.41, 5.74) is 6.97. The molecule has 90 valence electrons. The van der Waals surface area contributed by atoms with Crippen molar-refractivity contribution in [2.75, 3.05) is 13.2 Å². The molecule has 3 nitrogen and oxygen atoms in total. The minimum atomic E-state index is 0.633. The molecule has 2 N–H and O–H groups in total. The lowest BCUT2D eigenvalue weighted by atomic mass is 10.1.